The highest BCUT2D eigenvalue weighted by Crippen LogP contribution is 2.19. The van der Waals surface area contributed by atoms with Gasteiger partial charge in [-0.2, -0.15) is 5.11 Å². The number of rotatable bonds is 8. The lowest BCUT2D eigenvalue weighted by molar-refractivity contribution is 0.0951. The van der Waals surface area contributed by atoms with E-state index in [1.807, 2.05) is 0 Å². The molecule has 0 spiro atoms. The molecule has 0 unspecified atom stereocenters. The van der Waals surface area contributed by atoms with Crippen molar-refractivity contribution in [2.24, 2.45) is 5.11 Å². The summed E-state index contributed by atoms with van der Waals surface area (Å²) in [4.78, 5) is 26.9. The number of amides is 1. The number of aliphatic hydroxyl groups is 1. The molecule has 0 radical (unpaired) electrons. The second-order valence-corrected chi connectivity index (χ2v) is 6.44. The third-order valence-corrected chi connectivity index (χ3v) is 4.35. The van der Waals surface area contributed by atoms with Gasteiger partial charge < -0.3 is 20.7 Å². The van der Waals surface area contributed by atoms with E-state index in [4.69, 9.17) is 10.6 Å². The Hall–Kier alpha value is -3.85. The average molecular weight is 409 g/mol. The number of hydrogen-bond acceptors (Lipinski definition) is 6. The van der Waals surface area contributed by atoms with Gasteiger partial charge >= 0.3 is 0 Å². The van der Waals surface area contributed by atoms with Crippen LogP contribution in [0.3, 0.4) is 0 Å². The number of halogens is 1. The van der Waals surface area contributed by atoms with Gasteiger partial charge in [-0.25, -0.2) is 9.92 Å². The Morgan fingerprint density at radius 1 is 1.20 bits per heavy atom. The molecule has 154 valence electrons. The van der Waals surface area contributed by atoms with Crippen LogP contribution >= 0.6 is 0 Å². The molecule has 8 nitrogen and oxygen atoms in total. The second kappa shape index (κ2) is 9.57. The van der Waals surface area contributed by atoms with Crippen molar-refractivity contribution in [3.8, 4) is 0 Å². The number of hydrogen-bond donors (Lipinski definition) is 5. The molecule has 0 aliphatic rings. The van der Waals surface area contributed by atoms with Crippen molar-refractivity contribution in [2.75, 3.05) is 18.5 Å². The largest absolute Gasteiger partial charge is 0.396 e. The minimum Gasteiger partial charge on any atom is -0.396 e. The predicted octanol–water partition coefficient (Wildman–Crippen LogP) is 3.22. The summed E-state index contributed by atoms with van der Waals surface area (Å²) in [6, 6.07) is 12.1. The van der Waals surface area contributed by atoms with Crippen LogP contribution in [-0.4, -0.2) is 29.1 Å². The van der Waals surface area contributed by atoms with E-state index in [1.165, 1.54) is 30.5 Å². The van der Waals surface area contributed by atoms with Gasteiger partial charge in [-0.05, 0) is 55.0 Å². The average Bonchev–Trinajstić information content (AvgIpc) is 2.75. The van der Waals surface area contributed by atoms with Crippen LogP contribution in [0.15, 0.2) is 64.6 Å². The summed E-state index contributed by atoms with van der Waals surface area (Å²) in [5, 5.41) is 18.3. The lowest BCUT2D eigenvalue weighted by Gasteiger charge is -2.07. The monoisotopic (exact) mass is 409 g/mol. The van der Waals surface area contributed by atoms with Gasteiger partial charge in [0.15, 0.2) is 0 Å². The Morgan fingerprint density at radius 2 is 1.97 bits per heavy atom. The van der Waals surface area contributed by atoms with E-state index in [2.05, 4.69) is 20.7 Å². The molecule has 0 aliphatic heterocycles. The number of nitrogens with zero attached hydrogens (tertiary/aromatic N) is 1. The molecule has 0 atom stereocenters. The highest BCUT2D eigenvalue weighted by Gasteiger charge is 2.09. The van der Waals surface area contributed by atoms with Gasteiger partial charge in [0.1, 0.15) is 11.5 Å². The molecular formula is C21H20FN5O3. The standard InChI is InChI=1S/C21H20FN5O3/c22-15-4-7-18-14(10-15)11-17(21(30)26-18)19(27-23)12-25-16-5-2-13(3-6-16)20(29)24-8-1-9-28/h2-7,10-12,23,25,28H,1,8-9H2,(H,24,29)(H,26,30)/b19-12-,27-23?. The number of pyridine rings is 1. The minimum atomic E-state index is -0.451. The van der Waals surface area contributed by atoms with Crippen molar-refractivity contribution < 1.29 is 14.3 Å². The molecule has 30 heavy (non-hydrogen) atoms. The van der Waals surface area contributed by atoms with Gasteiger partial charge in [-0.1, -0.05) is 0 Å². The third kappa shape index (κ3) is 4.95. The number of aliphatic hydroxyl groups excluding tert-OH is 1. The van der Waals surface area contributed by atoms with Crippen molar-refractivity contribution in [3.63, 3.8) is 0 Å². The Kier molecular flexibility index (Phi) is 6.66. The van der Waals surface area contributed by atoms with Gasteiger partial charge in [0.2, 0.25) is 0 Å². The van der Waals surface area contributed by atoms with Crippen LogP contribution in [0, 0.1) is 11.3 Å². The molecular weight excluding hydrogens is 389 g/mol. The summed E-state index contributed by atoms with van der Waals surface area (Å²) in [5.41, 5.74) is 8.69. The molecule has 1 heterocycles. The summed E-state index contributed by atoms with van der Waals surface area (Å²) < 4.78 is 13.5. The second-order valence-electron chi connectivity index (χ2n) is 6.44. The van der Waals surface area contributed by atoms with Crippen LogP contribution in [0.2, 0.25) is 0 Å². The summed E-state index contributed by atoms with van der Waals surface area (Å²) in [6.07, 6.45) is 1.87. The van der Waals surface area contributed by atoms with Gasteiger partial charge in [0.25, 0.3) is 11.5 Å². The molecule has 1 amide bonds. The maximum atomic E-state index is 13.5. The molecule has 2 aromatic carbocycles. The maximum absolute atomic E-state index is 13.5. The van der Waals surface area contributed by atoms with Gasteiger partial charge in [0, 0.05) is 41.5 Å². The third-order valence-electron chi connectivity index (χ3n) is 4.35. The van der Waals surface area contributed by atoms with Crippen molar-refractivity contribution in [3.05, 3.63) is 82.0 Å². The summed E-state index contributed by atoms with van der Waals surface area (Å²) in [6.45, 7) is 0.393. The highest BCUT2D eigenvalue weighted by atomic mass is 19.1. The topological polar surface area (TPSA) is 130 Å². The van der Waals surface area contributed by atoms with Gasteiger partial charge in [-0.3, -0.25) is 9.59 Å². The van der Waals surface area contributed by atoms with E-state index in [0.29, 0.717) is 35.1 Å². The molecule has 1 aromatic heterocycles. The Labute approximate surface area is 171 Å². The zero-order chi connectivity index (χ0) is 21.5. The first-order valence-electron chi connectivity index (χ1n) is 9.18. The van der Waals surface area contributed by atoms with E-state index in [1.54, 1.807) is 24.3 Å². The van der Waals surface area contributed by atoms with Crippen molar-refractivity contribution in [1.29, 1.82) is 5.53 Å². The number of anilines is 1. The lowest BCUT2D eigenvalue weighted by atomic mass is 10.1. The van der Waals surface area contributed by atoms with E-state index in [-0.39, 0.29) is 23.8 Å². The van der Waals surface area contributed by atoms with Crippen molar-refractivity contribution in [2.45, 2.75) is 6.42 Å². The number of aromatic nitrogens is 1. The zero-order valence-corrected chi connectivity index (χ0v) is 15.9. The quantitative estimate of drug-likeness (QED) is 0.289. The number of benzene rings is 2. The summed E-state index contributed by atoms with van der Waals surface area (Å²) >= 11 is 0. The van der Waals surface area contributed by atoms with Crippen molar-refractivity contribution in [1.82, 2.24) is 10.3 Å². The zero-order valence-electron chi connectivity index (χ0n) is 15.9. The number of nitrogens with one attached hydrogen (secondary N) is 4. The Balaban J connectivity index is 1.78. The SMILES string of the molecule is N=N/C(=C\Nc1ccc(C(=O)NCCCO)cc1)c1cc2cc(F)ccc2[nH]c1=O. The van der Waals surface area contributed by atoms with Crippen LogP contribution in [0.25, 0.3) is 16.6 Å². The number of aromatic amines is 1. The maximum Gasteiger partial charge on any atom is 0.258 e. The molecule has 0 bridgehead atoms. The molecule has 3 aromatic rings. The summed E-state index contributed by atoms with van der Waals surface area (Å²) in [7, 11) is 0. The van der Waals surface area contributed by atoms with Crippen LogP contribution in [-0.2, 0) is 0 Å². The first-order valence-corrected chi connectivity index (χ1v) is 9.18. The van der Waals surface area contributed by atoms with Crippen LogP contribution in [0.1, 0.15) is 22.3 Å². The van der Waals surface area contributed by atoms with E-state index >= 15 is 0 Å². The smallest absolute Gasteiger partial charge is 0.258 e. The van der Waals surface area contributed by atoms with Crippen LogP contribution in [0.5, 0.6) is 0 Å². The van der Waals surface area contributed by atoms with Crippen molar-refractivity contribution >= 4 is 28.2 Å². The first kappa shape index (κ1) is 20.9. The van der Waals surface area contributed by atoms with E-state index in [9.17, 15) is 14.0 Å². The normalized spacial score (nSPS) is 11.3. The number of fused-ring (bicyclic) bond motifs is 1. The Bertz CT molecular complexity index is 1160. The molecule has 3 rings (SSSR count). The fraction of sp³-hybridized carbons (Fsp3) is 0.143. The van der Waals surface area contributed by atoms with E-state index in [0.717, 1.165) is 0 Å². The molecule has 0 saturated carbocycles. The molecule has 0 fully saturated rings. The first-order chi connectivity index (χ1) is 14.5. The number of H-pyrrole nitrogens is 1. The van der Waals surface area contributed by atoms with Crippen LogP contribution in [0.4, 0.5) is 10.1 Å². The van der Waals surface area contributed by atoms with Gasteiger partial charge in [-0.15, -0.1) is 0 Å². The van der Waals surface area contributed by atoms with E-state index < -0.39 is 11.4 Å². The molecule has 9 heteroatoms. The number of carbonyl (C=O) groups excluding carboxylic acids is 1. The van der Waals surface area contributed by atoms with Crippen LogP contribution < -0.4 is 16.2 Å². The fourth-order valence-electron chi connectivity index (χ4n) is 2.79. The van der Waals surface area contributed by atoms with Gasteiger partial charge in [0.05, 0.1) is 5.56 Å². The molecule has 0 saturated heterocycles. The predicted molar refractivity (Wildman–Crippen MR) is 112 cm³/mol. The molecule has 0 aliphatic carbocycles. The Morgan fingerprint density at radius 3 is 2.67 bits per heavy atom. The summed E-state index contributed by atoms with van der Waals surface area (Å²) in [5.74, 6) is -0.685. The highest BCUT2D eigenvalue weighted by molar-refractivity contribution is 5.94. The molecule has 5 N–H and O–H groups in total. The minimum absolute atomic E-state index is 0.00778. The lowest BCUT2D eigenvalue weighted by Crippen LogP contribution is -2.24. The fourth-order valence-corrected chi connectivity index (χ4v) is 2.79. The number of carbonyl (C=O) groups is 1.